The molecule has 25 heavy (non-hydrogen) atoms. The first-order valence-corrected chi connectivity index (χ1v) is 8.68. The topological polar surface area (TPSA) is 80.4 Å². The fourth-order valence-electron chi connectivity index (χ4n) is 2.83. The minimum atomic E-state index is 0.220. The molecule has 0 amide bonds. The molecule has 0 radical (unpaired) electrons. The van der Waals surface area contributed by atoms with Gasteiger partial charge in [0.15, 0.2) is 0 Å². The Morgan fingerprint density at radius 1 is 1.28 bits per heavy atom. The van der Waals surface area contributed by atoms with Crippen molar-refractivity contribution in [3.63, 3.8) is 0 Å². The first kappa shape index (κ1) is 17.6. The van der Waals surface area contributed by atoms with Gasteiger partial charge >= 0.3 is 0 Å². The third-order valence-electron chi connectivity index (χ3n) is 4.24. The molecule has 134 valence electrons. The Kier molecular flexibility index (Phi) is 5.78. The van der Waals surface area contributed by atoms with Crippen LogP contribution < -0.4 is 15.4 Å². The summed E-state index contributed by atoms with van der Waals surface area (Å²) in [5, 5.41) is 0. The van der Waals surface area contributed by atoms with Crippen molar-refractivity contribution in [1.29, 1.82) is 0 Å². The predicted octanol–water partition coefficient (Wildman–Crippen LogP) is 1.41. The zero-order valence-corrected chi connectivity index (χ0v) is 14.9. The molecule has 0 aromatic carbocycles. The number of rotatable bonds is 6. The molecule has 1 fully saturated rings. The Bertz CT molecular complexity index is 676. The molecule has 0 bridgehead atoms. The lowest BCUT2D eigenvalue weighted by atomic mass is 10.1. The van der Waals surface area contributed by atoms with Crippen LogP contribution in [0.3, 0.4) is 0 Å². The summed E-state index contributed by atoms with van der Waals surface area (Å²) in [5.74, 6) is 1.49. The predicted molar refractivity (Wildman–Crippen MR) is 98.7 cm³/mol. The van der Waals surface area contributed by atoms with Crippen LogP contribution in [0, 0.1) is 0 Å². The molecular weight excluding hydrogens is 316 g/mol. The quantitative estimate of drug-likeness (QED) is 0.850. The molecular formula is C18H26N6O. The van der Waals surface area contributed by atoms with Crippen LogP contribution in [-0.4, -0.2) is 66.2 Å². The van der Waals surface area contributed by atoms with Gasteiger partial charge in [0.25, 0.3) is 0 Å². The van der Waals surface area contributed by atoms with E-state index >= 15 is 0 Å². The number of anilines is 1. The molecule has 3 heterocycles. The molecule has 0 spiro atoms. The van der Waals surface area contributed by atoms with Gasteiger partial charge in [-0.15, -0.1) is 0 Å². The van der Waals surface area contributed by atoms with Gasteiger partial charge in [0.2, 0.25) is 5.88 Å². The summed E-state index contributed by atoms with van der Waals surface area (Å²) in [4.78, 5) is 17.7. The maximum absolute atomic E-state index is 6.04. The monoisotopic (exact) mass is 342 g/mol. The third-order valence-corrected chi connectivity index (χ3v) is 4.24. The van der Waals surface area contributed by atoms with Gasteiger partial charge in [0.1, 0.15) is 12.4 Å². The Morgan fingerprint density at radius 3 is 2.88 bits per heavy atom. The maximum atomic E-state index is 6.04. The van der Waals surface area contributed by atoms with E-state index in [1.54, 1.807) is 12.4 Å². The van der Waals surface area contributed by atoms with Crippen molar-refractivity contribution in [2.24, 2.45) is 5.73 Å². The van der Waals surface area contributed by atoms with E-state index in [4.69, 9.17) is 10.5 Å². The molecule has 3 rings (SSSR count). The number of nitrogens with zero attached hydrogens (tertiary/aromatic N) is 5. The molecule has 2 N–H and O–H groups in total. The SMILES string of the molecule is CN(C)CCOc1cc(-c2cnc(N3CCCC(N)C3)cn2)ccn1. The Hall–Kier alpha value is -2.25. The fourth-order valence-corrected chi connectivity index (χ4v) is 2.83. The molecule has 1 atom stereocenters. The van der Waals surface area contributed by atoms with Crippen molar-refractivity contribution in [2.45, 2.75) is 18.9 Å². The molecule has 2 aromatic heterocycles. The van der Waals surface area contributed by atoms with E-state index in [0.717, 1.165) is 49.6 Å². The third kappa shape index (κ3) is 4.87. The van der Waals surface area contributed by atoms with E-state index in [1.807, 2.05) is 32.4 Å². The molecule has 1 aliphatic rings. The molecule has 0 saturated carbocycles. The van der Waals surface area contributed by atoms with Crippen molar-refractivity contribution in [3.8, 4) is 17.1 Å². The van der Waals surface area contributed by atoms with E-state index in [9.17, 15) is 0 Å². The normalized spacial score (nSPS) is 17.8. The van der Waals surface area contributed by atoms with Gasteiger partial charge in [-0.1, -0.05) is 0 Å². The number of pyridine rings is 1. The van der Waals surface area contributed by atoms with Gasteiger partial charge in [-0.05, 0) is 33.0 Å². The summed E-state index contributed by atoms with van der Waals surface area (Å²) in [7, 11) is 4.03. The van der Waals surface area contributed by atoms with Crippen LogP contribution >= 0.6 is 0 Å². The summed E-state index contributed by atoms with van der Waals surface area (Å²) in [6.07, 6.45) is 7.53. The van der Waals surface area contributed by atoms with Crippen LogP contribution in [0.25, 0.3) is 11.3 Å². The number of likely N-dealkylation sites (N-methyl/N-ethyl adjacent to an activating group) is 1. The average Bonchev–Trinajstić information content (AvgIpc) is 2.62. The Labute approximate surface area is 148 Å². The van der Waals surface area contributed by atoms with Gasteiger partial charge in [0, 0.05) is 43.5 Å². The van der Waals surface area contributed by atoms with Crippen molar-refractivity contribution in [1.82, 2.24) is 19.9 Å². The minimum Gasteiger partial charge on any atom is -0.476 e. The second-order valence-corrected chi connectivity index (χ2v) is 6.64. The summed E-state index contributed by atoms with van der Waals surface area (Å²) in [5.41, 5.74) is 7.80. The van der Waals surface area contributed by atoms with E-state index in [0.29, 0.717) is 12.5 Å². The first-order chi connectivity index (χ1) is 12.1. The highest BCUT2D eigenvalue weighted by Gasteiger charge is 2.18. The Balaban J connectivity index is 1.67. The first-order valence-electron chi connectivity index (χ1n) is 8.68. The largest absolute Gasteiger partial charge is 0.476 e. The van der Waals surface area contributed by atoms with E-state index in [2.05, 4.69) is 24.8 Å². The van der Waals surface area contributed by atoms with Crippen molar-refractivity contribution in [2.75, 3.05) is 45.2 Å². The van der Waals surface area contributed by atoms with Crippen LogP contribution in [0.2, 0.25) is 0 Å². The van der Waals surface area contributed by atoms with Gasteiger partial charge in [0.05, 0.1) is 18.1 Å². The number of ether oxygens (including phenoxy) is 1. The highest BCUT2D eigenvalue weighted by atomic mass is 16.5. The fraction of sp³-hybridized carbons (Fsp3) is 0.500. The van der Waals surface area contributed by atoms with E-state index < -0.39 is 0 Å². The molecule has 7 heteroatoms. The van der Waals surface area contributed by atoms with Gasteiger partial charge in [-0.3, -0.25) is 4.98 Å². The second kappa shape index (κ2) is 8.22. The molecule has 2 aromatic rings. The second-order valence-electron chi connectivity index (χ2n) is 6.64. The lowest BCUT2D eigenvalue weighted by molar-refractivity contribution is 0.254. The molecule has 1 unspecified atom stereocenters. The number of piperidine rings is 1. The highest BCUT2D eigenvalue weighted by molar-refractivity contribution is 5.59. The van der Waals surface area contributed by atoms with Crippen LogP contribution in [0.5, 0.6) is 5.88 Å². The maximum Gasteiger partial charge on any atom is 0.213 e. The number of aromatic nitrogens is 3. The van der Waals surface area contributed by atoms with Gasteiger partial charge in [-0.25, -0.2) is 9.97 Å². The number of nitrogens with two attached hydrogens (primary N) is 1. The summed E-state index contributed by atoms with van der Waals surface area (Å²) >= 11 is 0. The summed E-state index contributed by atoms with van der Waals surface area (Å²) in [6.45, 7) is 3.27. The van der Waals surface area contributed by atoms with Crippen molar-refractivity contribution in [3.05, 3.63) is 30.7 Å². The van der Waals surface area contributed by atoms with Crippen LogP contribution in [0.1, 0.15) is 12.8 Å². The molecule has 0 aliphatic carbocycles. The summed E-state index contributed by atoms with van der Waals surface area (Å²) in [6, 6.07) is 4.03. The van der Waals surface area contributed by atoms with Crippen molar-refractivity contribution >= 4 is 5.82 Å². The lowest BCUT2D eigenvalue weighted by Gasteiger charge is -2.31. The number of hydrogen-bond donors (Lipinski definition) is 1. The number of hydrogen-bond acceptors (Lipinski definition) is 7. The zero-order valence-electron chi connectivity index (χ0n) is 14.9. The molecule has 1 saturated heterocycles. The highest BCUT2D eigenvalue weighted by Crippen LogP contribution is 2.22. The average molecular weight is 342 g/mol. The van der Waals surface area contributed by atoms with Gasteiger partial charge < -0.3 is 20.3 Å². The minimum absolute atomic E-state index is 0.220. The standard InChI is InChI=1S/C18H26N6O/c1-23(2)8-9-25-18-10-14(5-6-20-18)16-11-22-17(12-21-16)24-7-3-4-15(19)13-24/h5-6,10-12,15H,3-4,7-9,13,19H2,1-2H3. The lowest BCUT2D eigenvalue weighted by Crippen LogP contribution is -2.43. The molecule has 7 nitrogen and oxygen atoms in total. The zero-order chi connectivity index (χ0) is 17.6. The van der Waals surface area contributed by atoms with E-state index in [-0.39, 0.29) is 6.04 Å². The van der Waals surface area contributed by atoms with Gasteiger partial charge in [-0.2, -0.15) is 0 Å². The van der Waals surface area contributed by atoms with Crippen LogP contribution in [0.4, 0.5) is 5.82 Å². The van der Waals surface area contributed by atoms with E-state index in [1.165, 1.54) is 0 Å². The van der Waals surface area contributed by atoms with Crippen LogP contribution in [0.15, 0.2) is 30.7 Å². The van der Waals surface area contributed by atoms with Crippen molar-refractivity contribution < 1.29 is 4.74 Å². The smallest absolute Gasteiger partial charge is 0.213 e. The summed E-state index contributed by atoms with van der Waals surface area (Å²) < 4.78 is 5.69. The van der Waals surface area contributed by atoms with Crippen LogP contribution in [-0.2, 0) is 0 Å². The molecule has 1 aliphatic heterocycles. The Morgan fingerprint density at radius 2 is 2.16 bits per heavy atom.